The maximum Gasteiger partial charge on any atom is 0.161 e. The first-order valence-electron chi connectivity index (χ1n) is 7.03. The van der Waals surface area contributed by atoms with Crippen molar-refractivity contribution in [2.75, 3.05) is 13.7 Å². The van der Waals surface area contributed by atoms with E-state index in [0.29, 0.717) is 5.75 Å². The molecule has 0 aliphatic carbocycles. The molecule has 0 spiro atoms. The summed E-state index contributed by atoms with van der Waals surface area (Å²) in [5.74, 6) is 0.323. The van der Waals surface area contributed by atoms with Crippen molar-refractivity contribution in [1.29, 1.82) is 0 Å². The number of pyridine rings is 1. The highest BCUT2D eigenvalue weighted by Gasteiger charge is 2.24. The average Bonchev–Trinajstić information content (AvgIpc) is 2.88. The van der Waals surface area contributed by atoms with Crippen LogP contribution in [0.1, 0.15) is 44.1 Å². The molecule has 0 aromatic carbocycles. The third kappa shape index (κ3) is 3.21. The van der Waals surface area contributed by atoms with E-state index in [1.807, 2.05) is 25.5 Å². The molecule has 114 valence electrons. The minimum absolute atomic E-state index is 0.173. The fourth-order valence-electron chi connectivity index (χ4n) is 2.36. The summed E-state index contributed by atoms with van der Waals surface area (Å²) >= 11 is 0. The van der Waals surface area contributed by atoms with Gasteiger partial charge in [0.05, 0.1) is 25.5 Å². The number of ether oxygens (including phenoxy) is 1. The number of halogens is 1. The Hall–Kier alpha value is -1.95. The van der Waals surface area contributed by atoms with Crippen molar-refractivity contribution in [3.8, 4) is 5.75 Å². The summed E-state index contributed by atoms with van der Waals surface area (Å²) in [4.78, 5) is 3.94. The molecule has 2 rings (SSSR count). The lowest BCUT2D eigenvalue weighted by atomic mass is 10.0. The Morgan fingerprint density at radius 1 is 1.33 bits per heavy atom. The topological polar surface area (TPSA) is 52.0 Å². The van der Waals surface area contributed by atoms with Gasteiger partial charge in [-0.1, -0.05) is 6.92 Å². The molecule has 0 bridgehead atoms. The summed E-state index contributed by atoms with van der Waals surface area (Å²) in [7, 11) is 1.61. The SMILES string of the molecule is CCNC(c1cncc(F)c1)c1c(OC)cnn1C(C)C. The number of nitrogens with zero attached hydrogens (tertiary/aromatic N) is 3. The molecule has 6 heteroatoms. The van der Waals surface area contributed by atoms with E-state index >= 15 is 0 Å². The van der Waals surface area contributed by atoms with Gasteiger partial charge in [0, 0.05) is 12.2 Å². The van der Waals surface area contributed by atoms with Gasteiger partial charge in [0.15, 0.2) is 5.75 Å². The lowest BCUT2D eigenvalue weighted by Gasteiger charge is -2.22. The largest absolute Gasteiger partial charge is 0.493 e. The van der Waals surface area contributed by atoms with Crippen LogP contribution in [-0.2, 0) is 0 Å². The van der Waals surface area contributed by atoms with E-state index in [1.54, 1.807) is 19.5 Å². The summed E-state index contributed by atoms with van der Waals surface area (Å²) in [6.07, 6.45) is 4.55. The Balaban J connectivity index is 2.54. The average molecular weight is 292 g/mol. The molecule has 0 aliphatic heterocycles. The van der Waals surface area contributed by atoms with E-state index in [1.165, 1.54) is 12.3 Å². The van der Waals surface area contributed by atoms with Gasteiger partial charge in [-0.2, -0.15) is 5.10 Å². The standard InChI is InChI=1S/C15H21FN4O/c1-5-18-14(11-6-12(16)8-17-7-11)15-13(21-4)9-19-20(15)10(2)3/h6-10,14,18H,5H2,1-4H3. The van der Waals surface area contributed by atoms with Gasteiger partial charge in [-0.15, -0.1) is 0 Å². The molecular formula is C15H21FN4O. The smallest absolute Gasteiger partial charge is 0.161 e. The van der Waals surface area contributed by atoms with Gasteiger partial charge in [0.2, 0.25) is 0 Å². The van der Waals surface area contributed by atoms with Crippen LogP contribution in [0, 0.1) is 5.82 Å². The van der Waals surface area contributed by atoms with Gasteiger partial charge in [-0.05, 0) is 32.0 Å². The number of methoxy groups -OCH3 is 1. The first kappa shape index (κ1) is 15.4. The van der Waals surface area contributed by atoms with E-state index in [-0.39, 0.29) is 17.9 Å². The van der Waals surface area contributed by atoms with Gasteiger partial charge >= 0.3 is 0 Å². The Morgan fingerprint density at radius 3 is 2.67 bits per heavy atom. The Bertz CT molecular complexity index is 597. The highest BCUT2D eigenvalue weighted by Crippen LogP contribution is 2.31. The number of rotatable bonds is 6. The maximum atomic E-state index is 13.5. The zero-order valence-electron chi connectivity index (χ0n) is 12.8. The second-order valence-corrected chi connectivity index (χ2v) is 5.06. The predicted molar refractivity (Wildman–Crippen MR) is 78.9 cm³/mol. The molecule has 0 saturated carbocycles. The highest BCUT2D eigenvalue weighted by atomic mass is 19.1. The van der Waals surface area contributed by atoms with Crippen LogP contribution in [0.15, 0.2) is 24.7 Å². The number of nitrogens with one attached hydrogen (secondary N) is 1. The quantitative estimate of drug-likeness (QED) is 0.889. The van der Waals surface area contributed by atoms with Crippen LogP contribution < -0.4 is 10.1 Å². The highest BCUT2D eigenvalue weighted by molar-refractivity contribution is 5.36. The van der Waals surface area contributed by atoms with E-state index in [9.17, 15) is 4.39 Å². The van der Waals surface area contributed by atoms with Crippen molar-refractivity contribution in [2.24, 2.45) is 0 Å². The zero-order chi connectivity index (χ0) is 15.4. The molecule has 2 aromatic rings. The molecule has 2 heterocycles. The summed E-state index contributed by atoms with van der Waals surface area (Å²) in [5, 5.41) is 7.73. The van der Waals surface area contributed by atoms with Crippen LogP contribution in [0.2, 0.25) is 0 Å². The van der Waals surface area contributed by atoms with Crippen molar-refractivity contribution < 1.29 is 9.13 Å². The van der Waals surface area contributed by atoms with Crippen LogP contribution in [0.25, 0.3) is 0 Å². The van der Waals surface area contributed by atoms with Crippen molar-refractivity contribution in [2.45, 2.75) is 32.9 Å². The van der Waals surface area contributed by atoms with Gasteiger partial charge in [-0.3, -0.25) is 9.67 Å². The molecule has 0 aliphatic rings. The van der Waals surface area contributed by atoms with Gasteiger partial charge < -0.3 is 10.1 Å². The minimum Gasteiger partial charge on any atom is -0.493 e. The van der Waals surface area contributed by atoms with Crippen LogP contribution in [0.4, 0.5) is 4.39 Å². The molecule has 5 nitrogen and oxygen atoms in total. The molecule has 21 heavy (non-hydrogen) atoms. The summed E-state index contributed by atoms with van der Waals surface area (Å²) < 4.78 is 20.8. The second kappa shape index (κ2) is 6.67. The Morgan fingerprint density at radius 2 is 2.10 bits per heavy atom. The first-order valence-corrected chi connectivity index (χ1v) is 7.03. The lowest BCUT2D eigenvalue weighted by molar-refractivity contribution is 0.394. The van der Waals surface area contributed by atoms with Crippen LogP contribution in [0.3, 0.4) is 0 Å². The molecule has 0 saturated heterocycles. The zero-order valence-corrected chi connectivity index (χ0v) is 12.8. The van der Waals surface area contributed by atoms with Crippen LogP contribution >= 0.6 is 0 Å². The molecule has 1 unspecified atom stereocenters. The lowest BCUT2D eigenvalue weighted by Crippen LogP contribution is -2.26. The fraction of sp³-hybridized carbons (Fsp3) is 0.467. The van der Waals surface area contributed by atoms with E-state index in [0.717, 1.165) is 17.8 Å². The summed E-state index contributed by atoms with van der Waals surface area (Å²) in [6.45, 7) is 6.82. The van der Waals surface area contributed by atoms with Crippen molar-refractivity contribution >= 4 is 0 Å². The molecule has 1 atom stereocenters. The summed E-state index contributed by atoms with van der Waals surface area (Å²) in [6, 6.07) is 1.43. The van der Waals surface area contributed by atoms with Crippen LogP contribution in [-0.4, -0.2) is 28.4 Å². The number of hydrogen-bond donors (Lipinski definition) is 1. The Kier molecular flexibility index (Phi) is 4.90. The Labute approximate surface area is 124 Å². The molecule has 0 amide bonds. The van der Waals surface area contributed by atoms with Crippen molar-refractivity contribution in [1.82, 2.24) is 20.1 Å². The third-order valence-corrected chi connectivity index (χ3v) is 3.25. The molecule has 0 radical (unpaired) electrons. The third-order valence-electron chi connectivity index (χ3n) is 3.25. The first-order chi connectivity index (χ1) is 10.1. The van der Waals surface area contributed by atoms with Crippen LogP contribution in [0.5, 0.6) is 5.75 Å². The molecular weight excluding hydrogens is 271 g/mol. The van der Waals surface area contributed by atoms with E-state index in [2.05, 4.69) is 15.4 Å². The molecule has 2 aromatic heterocycles. The molecule has 1 N–H and O–H groups in total. The van der Waals surface area contributed by atoms with Gasteiger partial charge in [0.1, 0.15) is 11.5 Å². The number of hydrogen-bond acceptors (Lipinski definition) is 4. The van der Waals surface area contributed by atoms with E-state index in [4.69, 9.17) is 4.74 Å². The normalized spacial score (nSPS) is 12.7. The number of aromatic nitrogens is 3. The van der Waals surface area contributed by atoms with Gasteiger partial charge in [0.25, 0.3) is 0 Å². The predicted octanol–water partition coefficient (Wildman–Crippen LogP) is 2.71. The second-order valence-electron chi connectivity index (χ2n) is 5.06. The maximum absolute atomic E-state index is 13.5. The van der Waals surface area contributed by atoms with Crippen molar-refractivity contribution in [3.05, 3.63) is 41.7 Å². The fourth-order valence-corrected chi connectivity index (χ4v) is 2.36. The van der Waals surface area contributed by atoms with E-state index < -0.39 is 0 Å². The monoisotopic (exact) mass is 292 g/mol. The summed E-state index contributed by atoms with van der Waals surface area (Å²) in [5.41, 5.74) is 1.62. The van der Waals surface area contributed by atoms with Crippen molar-refractivity contribution in [3.63, 3.8) is 0 Å². The van der Waals surface area contributed by atoms with Gasteiger partial charge in [-0.25, -0.2) is 4.39 Å². The minimum atomic E-state index is -0.356. The molecule has 0 fully saturated rings.